The summed E-state index contributed by atoms with van der Waals surface area (Å²) in [6.07, 6.45) is 4.84. The summed E-state index contributed by atoms with van der Waals surface area (Å²) in [6, 6.07) is 7.98. The summed E-state index contributed by atoms with van der Waals surface area (Å²) in [7, 11) is -2.80. The molecule has 1 rings (SSSR count). The van der Waals surface area contributed by atoms with Crippen LogP contribution in [0.15, 0.2) is 24.3 Å². The minimum Gasteiger partial charge on any atom is -0.494 e. The highest BCUT2D eigenvalue weighted by atomic mass is 28.4. The Bertz CT molecular complexity index is 391. The molecule has 0 aliphatic rings. The molecule has 0 aromatic heterocycles. The molecule has 0 bridgehead atoms. The average Bonchev–Trinajstić information content (AvgIpc) is 2.56. The lowest BCUT2D eigenvalue weighted by Crippen LogP contribution is -2.56. The Hall–Kier alpha value is -0.883. The Morgan fingerprint density at radius 3 is 1.78 bits per heavy atom. The lowest BCUT2D eigenvalue weighted by Gasteiger charge is -2.28. The van der Waals surface area contributed by atoms with Crippen molar-refractivity contribution in [3.05, 3.63) is 24.3 Å². The zero-order valence-corrected chi connectivity index (χ0v) is 16.1. The van der Waals surface area contributed by atoms with E-state index in [0.717, 1.165) is 24.0 Å². The van der Waals surface area contributed by atoms with Gasteiger partial charge in [0.05, 0.1) is 6.61 Å². The molecule has 4 nitrogen and oxygen atoms in total. The highest BCUT2D eigenvalue weighted by Crippen LogP contribution is 2.15. The number of rotatable bonds is 13. The average molecular weight is 341 g/mol. The van der Waals surface area contributed by atoms with E-state index in [4.69, 9.17) is 18.0 Å². The molecule has 0 aliphatic carbocycles. The topological polar surface area (TPSA) is 36.9 Å². The molecule has 0 atom stereocenters. The molecule has 5 heteroatoms. The van der Waals surface area contributed by atoms with Gasteiger partial charge in [-0.3, -0.25) is 0 Å². The summed E-state index contributed by atoms with van der Waals surface area (Å²) in [5, 5.41) is 0.987. The maximum absolute atomic E-state index is 5.92. The van der Waals surface area contributed by atoms with Crippen molar-refractivity contribution in [3.63, 3.8) is 0 Å². The largest absolute Gasteiger partial charge is 0.537 e. The van der Waals surface area contributed by atoms with Crippen LogP contribution in [0.3, 0.4) is 0 Å². The summed E-state index contributed by atoms with van der Waals surface area (Å²) >= 11 is 0. The maximum atomic E-state index is 5.92. The Morgan fingerprint density at radius 1 is 0.739 bits per heavy atom. The summed E-state index contributed by atoms with van der Waals surface area (Å²) in [5.74, 6) is 0.887. The molecule has 0 fully saturated rings. The summed E-state index contributed by atoms with van der Waals surface area (Å²) < 4.78 is 23.5. The molecule has 0 amide bonds. The van der Waals surface area contributed by atoms with Crippen LogP contribution in [-0.4, -0.2) is 35.2 Å². The third kappa shape index (κ3) is 6.63. The van der Waals surface area contributed by atoms with Crippen molar-refractivity contribution in [2.75, 3.05) is 26.4 Å². The molecular formula is C18H32O4Si. The van der Waals surface area contributed by atoms with Gasteiger partial charge < -0.3 is 18.0 Å². The van der Waals surface area contributed by atoms with Crippen LogP contribution < -0.4 is 9.92 Å². The van der Waals surface area contributed by atoms with Crippen LogP contribution in [-0.2, 0) is 13.3 Å². The van der Waals surface area contributed by atoms with E-state index in [1.54, 1.807) is 0 Å². The molecule has 0 spiro atoms. The van der Waals surface area contributed by atoms with E-state index in [0.29, 0.717) is 19.8 Å². The first-order valence-corrected chi connectivity index (χ1v) is 10.6. The van der Waals surface area contributed by atoms with Crippen molar-refractivity contribution >= 4 is 14.0 Å². The van der Waals surface area contributed by atoms with Gasteiger partial charge in [-0.2, -0.15) is 0 Å². The van der Waals surface area contributed by atoms with Crippen molar-refractivity contribution in [1.82, 2.24) is 0 Å². The number of hydrogen-bond acceptors (Lipinski definition) is 4. The molecule has 132 valence electrons. The highest BCUT2D eigenvalue weighted by molar-refractivity contribution is 6.75. The summed E-state index contributed by atoms with van der Waals surface area (Å²) in [5.41, 5.74) is 0. The van der Waals surface area contributed by atoms with Gasteiger partial charge in [-0.1, -0.05) is 38.3 Å². The van der Waals surface area contributed by atoms with Crippen molar-refractivity contribution in [2.45, 2.75) is 53.4 Å². The Morgan fingerprint density at radius 2 is 1.30 bits per heavy atom. The van der Waals surface area contributed by atoms with Crippen LogP contribution in [0.25, 0.3) is 0 Å². The number of hydrogen-bond donors (Lipinski definition) is 0. The van der Waals surface area contributed by atoms with Crippen LogP contribution in [0, 0.1) is 0 Å². The van der Waals surface area contributed by atoms with E-state index >= 15 is 0 Å². The van der Waals surface area contributed by atoms with Crippen molar-refractivity contribution < 1.29 is 18.0 Å². The van der Waals surface area contributed by atoms with Crippen LogP contribution in [0.5, 0.6) is 5.75 Å². The van der Waals surface area contributed by atoms with Crippen LogP contribution in [0.4, 0.5) is 0 Å². The van der Waals surface area contributed by atoms with Crippen LogP contribution in [0.2, 0.25) is 0 Å². The molecule has 1 aromatic rings. The lowest BCUT2D eigenvalue weighted by atomic mass is 10.2. The Kier molecular flexibility index (Phi) is 10.2. The standard InChI is InChI=1S/C18H32O4Si/c1-5-9-10-11-16-19-17-12-14-18(15-13-17)23(20-6-2,21-7-3)22-8-4/h12-15H,5-11,16H2,1-4H3. The van der Waals surface area contributed by atoms with E-state index in [-0.39, 0.29) is 0 Å². The summed E-state index contributed by atoms with van der Waals surface area (Å²) in [6.45, 7) is 10.6. The minimum atomic E-state index is -2.80. The fourth-order valence-corrected chi connectivity index (χ4v) is 4.88. The van der Waals surface area contributed by atoms with Gasteiger partial charge in [0.1, 0.15) is 5.75 Å². The van der Waals surface area contributed by atoms with Crippen molar-refractivity contribution in [3.8, 4) is 5.75 Å². The van der Waals surface area contributed by atoms with E-state index in [9.17, 15) is 0 Å². The second-order valence-corrected chi connectivity index (χ2v) is 7.84. The van der Waals surface area contributed by atoms with Gasteiger partial charge in [-0.15, -0.1) is 0 Å². The normalized spacial score (nSPS) is 11.7. The summed E-state index contributed by atoms with van der Waals surface area (Å²) in [4.78, 5) is 0. The van der Waals surface area contributed by atoms with Crippen LogP contribution >= 0.6 is 0 Å². The first-order chi connectivity index (χ1) is 11.2. The lowest BCUT2D eigenvalue weighted by molar-refractivity contribution is 0.0859. The zero-order valence-electron chi connectivity index (χ0n) is 15.1. The van der Waals surface area contributed by atoms with Gasteiger partial charge in [-0.25, -0.2) is 0 Å². The van der Waals surface area contributed by atoms with Gasteiger partial charge >= 0.3 is 8.80 Å². The number of unbranched alkanes of at least 4 members (excludes halogenated alkanes) is 3. The molecule has 0 N–H and O–H groups in total. The Labute approximate surface area is 142 Å². The fourth-order valence-electron chi connectivity index (χ4n) is 2.42. The molecule has 23 heavy (non-hydrogen) atoms. The van der Waals surface area contributed by atoms with Gasteiger partial charge in [-0.05, 0) is 39.3 Å². The maximum Gasteiger partial charge on any atom is 0.537 e. The molecule has 0 heterocycles. The molecule has 0 radical (unpaired) electrons. The Balaban J connectivity index is 2.70. The third-order valence-electron chi connectivity index (χ3n) is 3.48. The minimum absolute atomic E-state index is 0.571. The van der Waals surface area contributed by atoms with E-state index in [1.165, 1.54) is 19.3 Å². The van der Waals surface area contributed by atoms with Gasteiger partial charge in [0.25, 0.3) is 0 Å². The highest BCUT2D eigenvalue weighted by Gasteiger charge is 2.43. The molecule has 0 aliphatic heterocycles. The van der Waals surface area contributed by atoms with E-state index in [2.05, 4.69) is 6.92 Å². The molecule has 0 saturated heterocycles. The fraction of sp³-hybridized carbons (Fsp3) is 0.667. The predicted molar refractivity (Wildman–Crippen MR) is 96.3 cm³/mol. The number of benzene rings is 1. The second-order valence-electron chi connectivity index (χ2n) is 5.29. The van der Waals surface area contributed by atoms with Crippen molar-refractivity contribution in [2.24, 2.45) is 0 Å². The third-order valence-corrected chi connectivity index (χ3v) is 6.52. The predicted octanol–water partition coefficient (Wildman–Crippen LogP) is 3.90. The van der Waals surface area contributed by atoms with Gasteiger partial charge in [0, 0.05) is 25.0 Å². The smallest absolute Gasteiger partial charge is 0.494 e. The van der Waals surface area contributed by atoms with Crippen LogP contribution in [0.1, 0.15) is 53.4 Å². The second kappa shape index (κ2) is 11.6. The number of ether oxygens (including phenoxy) is 1. The quantitative estimate of drug-likeness (QED) is 0.403. The first-order valence-electron chi connectivity index (χ1n) is 8.87. The molecule has 0 unspecified atom stereocenters. The SMILES string of the molecule is CCCCCCOc1ccc([Si](OCC)(OCC)OCC)cc1. The molecule has 1 aromatic carbocycles. The monoisotopic (exact) mass is 340 g/mol. The van der Waals surface area contributed by atoms with Gasteiger partial charge in [0.2, 0.25) is 0 Å². The van der Waals surface area contributed by atoms with E-state index in [1.807, 2.05) is 45.0 Å². The van der Waals surface area contributed by atoms with Crippen molar-refractivity contribution in [1.29, 1.82) is 0 Å². The molecule has 0 saturated carbocycles. The van der Waals surface area contributed by atoms with E-state index < -0.39 is 8.80 Å². The molecular weight excluding hydrogens is 308 g/mol. The van der Waals surface area contributed by atoms with Gasteiger partial charge in [0.15, 0.2) is 0 Å². The zero-order chi connectivity index (χ0) is 17.0. The first kappa shape index (κ1) is 20.2.